The van der Waals surface area contributed by atoms with Crippen molar-refractivity contribution < 1.29 is 0 Å². The van der Waals surface area contributed by atoms with E-state index in [9.17, 15) is 0 Å². The molecule has 3 aliphatic rings. The number of hydrogen-bond acceptors (Lipinski definition) is 4. The summed E-state index contributed by atoms with van der Waals surface area (Å²) in [6, 6.07) is 0. The number of rotatable bonds is 5. The van der Waals surface area contributed by atoms with Crippen LogP contribution in [-0.2, 0) is 0 Å². The monoisotopic (exact) mass is 286 g/mol. The molecule has 3 atom stereocenters. The Balaban J connectivity index is 1.49. The first-order valence-electron chi connectivity index (χ1n) is 8.54. The Bertz CT molecular complexity index is 538. The van der Waals surface area contributed by atoms with E-state index in [0.717, 1.165) is 47.3 Å². The molecule has 4 rings (SSSR count). The maximum Gasteiger partial charge on any atom is 0.136 e. The second kappa shape index (κ2) is 5.15. The summed E-state index contributed by atoms with van der Waals surface area (Å²) in [5.41, 5.74) is 1.16. The minimum absolute atomic E-state index is 0.598. The lowest BCUT2D eigenvalue weighted by molar-refractivity contribution is 0.348. The zero-order valence-corrected chi connectivity index (χ0v) is 13.2. The van der Waals surface area contributed by atoms with Crippen LogP contribution < -0.4 is 10.6 Å². The highest BCUT2D eigenvalue weighted by molar-refractivity contribution is 5.57. The maximum absolute atomic E-state index is 4.80. The van der Waals surface area contributed by atoms with Crippen LogP contribution in [0.1, 0.15) is 55.8 Å². The Labute approximate surface area is 127 Å². The van der Waals surface area contributed by atoms with Gasteiger partial charge in [-0.15, -0.1) is 0 Å². The van der Waals surface area contributed by atoms with Gasteiger partial charge in [0.2, 0.25) is 0 Å². The molecule has 4 nitrogen and oxygen atoms in total. The van der Waals surface area contributed by atoms with Crippen LogP contribution in [0, 0.1) is 24.7 Å². The number of nitrogens with one attached hydrogen (secondary N) is 2. The van der Waals surface area contributed by atoms with Crippen LogP contribution >= 0.6 is 0 Å². The van der Waals surface area contributed by atoms with Crippen LogP contribution in [0.5, 0.6) is 0 Å². The molecule has 0 aliphatic heterocycles. The summed E-state index contributed by atoms with van der Waals surface area (Å²) in [5.74, 6) is 6.52. The van der Waals surface area contributed by atoms with Crippen LogP contribution in [0.3, 0.4) is 0 Å². The summed E-state index contributed by atoms with van der Waals surface area (Å²) in [6.45, 7) is 3.21. The average molecular weight is 286 g/mol. The maximum atomic E-state index is 4.80. The average Bonchev–Trinajstić information content (AvgIpc) is 3.14. The molecule has 0 amide bonds. The van der Waals surface area contributed by atoms with Gasteiger partial charge >= 0.3 is 0 Å². The Kier molecular flexibility index (Phi) is 3.27. The standard InChI is InChI=1S/C17H26N4/c1-10-15(18-2)20-17(12-5-6-12)21-16(10)19-9-14-8-11-3-4-13(14)7-11/h11-14H,3-9H2,1-2H3,(H2,18,19,20,21). The van der Waals surface area contributed by atoms with Gasteiger partial charge in [-0.3, -0.25) is 0 Å². The quantitative estimate of drug-likeness (QED) is 0.869. The molecule has 2 N–H and O–H groups in total. The summed E-state index contributed by atoms with van der Waals surface area (Å²) in [4.78, 5) is 9.47. The molecule has 3 fully saturated rings. The van der Waals surface area contributed by atoms with Crippen molar-refractivity contribution in [2.75, 3.05) is 24.2 Å². The smallest absolute Gasteiger partial charge is 0.136 e. The fourth-order valence-electron chi connectivity index (χ4n) is 4.33. The van der Waals surface area contributed by atoms with E-state index in [1.165, 1.54) is 38.5 Å². The topological polar surface area (TPSA) is 49.8 Å². The van der Waals surface area contributed by atoms with Crippen molar-refractivity contribution in [3.05, 3.63) is 11.4 Å². The van der Waals surface area contributed by atoms with E-state index in [0.29, 0.717) is 5.92 Å². The molecule has 21 heavy (non-hydrogen) atoms. The highest BCUT2D eigenvalue weighted by Gasteiger charge is 2.39. The lowest BCUT2D eigenvalue weighted by Gasteiger charge is -2.23. The van der Waals surface area contributed by atoms with Crippen molar-refractivity contribution in [2.24, 2.45) is 17.8 Å². The summed E-state index contributed by atoms with van der Waals surface area (Å²) in [6.07, 6.45) is 8.33. The van der Waals surface area contributed by atoms with Crippen LogP contribution in [0.4, 0.5) is 11.6 Å². The third-order valence-electron chi connectivity index (χ3n) is 5.76. The fraction of sp³-hybridized carbons (Fsp3) is 0.765. The van der Waals surface area contributed by atoms with Gasteiger partial charge in [0.05, 0.1) is 0 Å². The zero-order chi connectivity index (χ0) is 14.4. The molecule has 3 saturated carbocycles. The van der Waals surface area contributed by atoms with E-state index in [1.54, 1.807) is 0 Å². The Morgan fingerprint density at radius 2 is 1.86 bits per heavy atom. The van der Waals surface area contributed by atoms with E-state index in [2.05, 4.69) is 22.5 Å². The van der Waals surface area contributed by atoms with Crippen molar-refractivity contribution in [1.82, 2.24) is 9.97 Å². The van der Waals surface area contributed by atoms with Crippen LogP contribution in [0.25, 0.3) is 0 Å². The van der Waals surface area contributed by atoms with Crippen molar-refractivity contribution in [1.29, 1.82) is 0 Å². The molecule has 1 aromatic heterocycles. The second-order valence-electron chi connectivity index (χ2n) is 7.24. The van der Waals surface area contributed by atoms with Gasteiger partial charge in [0.1, 0.15) is 17.5 Å². The lowest BCUT2D eigenvalue weighted by Crippen LogP contribution is -2.21. The largest absolute Gasteiger partial charge is 0.373 e. The highest BCUT2D eigenvalue weighted by Crippen LogP contribution is 2.48. The van der Waals surface area contributed by atoms with E-state index in [1.807, 2.05) is 7.05 Å². The van der Waals surface area contributed by atoms with E-state index in [4.69, 9.17) is 4.98 Å². The van der Waals surface area contributed by atoms with Gasteiger partial charge in [-0.05, 0) is 56.8 Å². The van der Waals surface area contributed by atoms with E-state index >= 15 is 0 Å². The predicted octanol–water partition coefficient (Wildman–Crippen LogP) is 3.55. The van der Waals surface area contributed by atoms with Crippen molar-refractivity contribution in [2.45, 2.75) is 51.4 Å². The van der Waals surface area contributed by atoms with E-state index in [-0.39, 0.29) is 0 Å². The summed E-state index contributed by atoms with van der Waals surface area (Å²) in [5, 5.41) is 6.87. The predicted molar refractivity (Wildman–Crippen MR) is 85.7 cm³/mol. The molecule has 114 valence electrons. The normalized spacial score (nSPS) is 30.7. The molecule has 4 heteroatoms. The second-order valence-corrected chi connectivity index (χ2v) is 7.24. The number of nitrogens with zero attached hydrogens (tertiary/aromatic N) is 2. The molecule has 0 radical (unpaired) electrons. The lowest BCUT2D eigenvalue weighted by atomic mass is 9.89. The summed E-state index contributed by atoms with van der Waals surface area (Å²) >= 11 is 0. The molecule has 0 saturated heterocycles. The van der Waals surface area contributed by atoms with Crippen LogP contribution in [0.15, 0.2) is 0 Å². The molecule has 2 bridgehead atoms. The Hall–Kier alpha value is -1.32. The minimum atomic E-state index is 0.598. The van der Waals surface area contributed by atoms with Gasteiger partial charge in [0.25, 0.3) is 0 Å². The summed E-state index contributed by atoms with van der Waals surface area (Å²) < 4.78 is 0. The highest BCUT2D eigenvalue weighted by atomic mass is 15.1. The molecule has 3 unspecified atom stereocenters. The number of hydrogen-bond donors (Lipinski definition) is 2. The van der Waals surface area contributed by atoms with Crippen LogP contribution in [0.2, 0.25) is 0 Å². The molecule has 1 heterocycles. The Morgan fingerprint density at radius 1 is 1.05 bits per heavy atom. The third kappa shape index (κ3) is 2.49. The van der Waals surface area contributed by atoms with Crippen LogP contribution in [-0.4, -0.2) is 23.6 Å². The first kappa shape index (κ1) is 13.4. The molecule has 3 aliphatic carbocycles. The molecule has 0 spiro atoms. The SMILES string of the molecule is CNc1nc(C2CC2)nc(NCC2CC3CCC2C3)c1C. The van der Waals surface area contributed by atoms with Crippen molar-refractivity contribution >= 4 is 11.6 Å². The Morgan fingerprint density at radius 3 is 2.48 bits per heavy atom. The van der Waals surface area contributed by atoms with Gasteiger partial charge in [-0.1, -0.05) is 6.42 Å². The van der Waals surface area contributed by atoms with Gasteiger partial charge in [-0.2, -0.15) is 0 Å². The number of anilines is 2. The van der Waals surface area contributed by atoms with Gasteiger partial charge < -0.3 is 10.6 Å². The first-order valence-corrected chi connectivity index (χ1v) is 8.54. The van der Waals surface area contributed by atoms with Gasteiger partial charge in [0, 0.05) is 25.1 Å². The molecular weight excluding hydrogens is 260 g/mol. The van der Waals surface area contributed by atoms with Gasteiger partial charge in [-0.25, -0.2) is 9.97 Å². The van der Waals surface area contributed by atoms with Crippen molar-refractivity contribution in [3.63, 3.8) is 0 Å². The minimum Gasteiger partial charge on any atom is -0.373 e. The fourth-order valence-corrected chi connectivity index (χ4v) is 4.33. The zero-order valence-electron chi connectivity index (χ0n) is 13.2. The summed E-state index contributed by atoms with van der Waals surface area (Å²) in [7, 11) is 1.95. The van der Waals surface area contributed by atoms with Gasteiger partial charge in [0.15, 0.2) is 0 Å². The van der Waals surface area contributed by atoms with Crippen molar-refractivity contribution in [3.8, 4) is 0 Å². The first-order chi connectivity index (χ1) is 10.2. The van der Waals surface area contributed by atoms with E-state index < -0.39 is 0 Å². The third-order valence-corrected chi connectivity index (χ3v) is 5.76. The molecule has 1 aromatic rings. The molecule has 0 aromatic carbocycles. The number of fused-ring (bicyclic) bond motifs is 2. The molecular formula is C17H26N4. The number of aromatic nitrogens is 2.